The molecule has 0 radical (unpaired) electrons. The molecule has 1 aromatic heterocycles. The van der Waals surface area contributed by atoms with Crippen LogP contribution in [0.4, 0.5) is 4.79 Å². The molecule has 0 bridgehead atoms. The van der Waals surface area contributed by atoms with Gasteiger partial charge < -0.3 is 19.9 Å². The van der Waals surface area contributed by atoms with E-state index in [1.165, 1.54) is 5.56 Å². The van der Waals surface area contributed by atoms with Crippen molar-refractivity contribution in [2.75, 3.05) is 32.8 Å². The molecular weight excluding hydrogens is 310 g/mol. The molecule has 0 saturated carbocycles. The Kier molecular flexibility index (Phi) is 4.55. The highest BCUT2D eigenvalue weighted by Crippen LogP contribution is 2.37. The number of hydrogen-bond donors (Lipinski definition) is 1. The average Bonchev–Trinajstić information content (AvgIpc) is 3.24. The number of ether oxygens (including phenoxy) is 1. The molecule has 6 heteroatoms. The fourth-order valence-electron chi connectivity index (χ4n) is 4.16. The highest BCUT2D eigenvalue weighted by molar-refractivity contribution is 7.08. The SMILES string of the molecule is O=C1N(C2CCOCC2)C[C@@H](c2ccsc2)N1C1CCNCC1. The summed E-state index contributed by atoms with van der Waals surface area (Å²) in [5, 5.41) is 7.74. The van der Waals surface area contributed by atoms with Crippen molar-refractivity contribution in [2.24, 2.45) is 0 Å². The number of carbonyl (C=O) groups is 1. The highest BCUT2D eigenvalue weighted by atomic mass is 32.1. The van der Waals surface area contributed by atoms with Crippen molar-refractivity contribution in [1.29, 1.82) is 0 Å². The highest BCUT2D eigenvalue weighted by Gasteiger charge is 2.44. The van der Waals surface area contributed by atoms with Crippen LogP contribution >= 0.6 is 11.3 Å². The minimum Gasteiger partial charge on any atom is -0.381 e. The number of urea groups is 1. The van der Waals surface area contributed by atoms with Crippen LogP contribution in [0.5, 0.6) is 0 Å². The molecule has 23 heavy (non-hydrogen) atoms. The molecule has 0 aliphatic carbocycles. The normalized spacial score (nSPS) is 27.8. The maximum atomic E-state index is 13.2. The largest absolute Gasteiger partial charge is 0.381 e. The molecule has 1 atom stereocenters. The van der Waals surface area contributed by atoms with Crippen molar-refractivity contribution >= 4 is 17.4 Å². The molecular formula is C17H25N3O2S. The van der Waals surface area contributed by atoms with Crippen LogP contribution in [0.1, 0.15) is 37.3 Å². The lowest BCUT2D eigenvalue weighted by atomic mass is 10.0. The lowest BCUT2D eigenvalue weighted by Crippen LogP contribution is -2.47. The van der Waals surface area contributed by atoms with E-state index in [0.29, 0.717) is 12.1 Å². The van der Waals surface area contributed by atoms with Crippen molar-refractivity contribution in [1.82, 2.24) is 15.1 Å². The van der Waals surface area contributed by atoms with Crippen LogP contribution < -0.4 is 5.32 Å². The molecule has 3 saturated heterocycles. The fourth-order valence-corrected chi connectivity index (χ4v) is 4.87. The molecule has 5 nitrogen and oxygen atoms in total. The molecule has 3 aliphatic heterocycles. The minimum atomic E-state index is 0.222. The Hall–Kier alpha value is -1.11. The summed E-state index contributed by atoms with van der Waals surface area (Å²) in [5.74, 6) is 0. The zero-order valence-electron chi connectivity index (χ0n) is 13.4. The van der Waals surface area contributed by atoms with Gasteiger partial charge in [0.1, 0.15) is 0 Å². The van der Waals surface area contributed by atoms with Gasteiger partial charge in [0.15, 0.2) is 0 Å². The van der Waals surface area contributed by atoms with E-state index in [0.717, 1.165) is 58.5 Å². The van der Waals surface area contributed by atoms with E-state index in [4.69, 9.17) is 4.74 Å². The standard InChI is InChI=1S/C17H25N3O2S/c21-17-19(14-3-8-22-9-4-14)11-16(13-5-10-23-12-13)20(17)15-1-6-18-7-2-15/h5,10,12,14-16,18H,1-4,6-9,11H2/t16-/m0/s1. The third-order valence-corrected chi connectivity index (χ3v) is 6.14. The molecule has 1 aromatic rings. The van der Waals surface area contributed by atoms with Crippen molar-refractivity contribution in [2.45, 2.75) is 43.8 Å². The number of nitrogens with zero attached hydrogens (tertiary/aromatic N) is 2. The van der Waals surface area contributed by atoms with Crippen molar-refractivity contribution in [3.8, 4) is 0 Å². The van der Waals surface area contributed by atoms with Crippen LogP contribution in [-0.2, 0) is 4.74 Å². The number of carbonyl (C=O) groups excluding carboxylic acids is 1. The molecule has 3 fully saturated rings. The summed E-state index contributed by atoms with van der Waals surface area (Å²) in [7, 11) is 0. The summed E-state index contributed by atoms with van der Waals surface area (Å²) in [6, 6.07) is 3.38. The zero-order valence-corrected chi connectivity index (χ0v) is 14.3. The first-order valence-corrected chi connectivity index (χ1v) is 9.68. The monoisotopic (exact) mass is 335 g/mol. The third-order valence-electron chi connectivity index (χ3n) is 5.43. The van der Waals surface area contributed by atoms with Crippen LogP contribution in [0.3, 0.4) is 0 Å². The summed E-state index contributed by atoms with van der Waals surface area (Å²) in [6.07, 6.45) is 4.08. The molecule has 3 aliphatic rings. The average molecular weight is 335 g/mol. The van der Waals surface area contributed by atoms with Crippen molar-refractivity contribution in [3.05, 3.63) is 22.4 Å². The van der Waals surface area contributed by atoms with Gasteiger partial charge in [-0.05, 0) is 61.2 Å². The first kappa shape index (κ1) is 15.4. The Bertz CT molecular complexity index is 524. The van der Waals surface area contributed by atoms with Crippen molar-refractivity contribution in [3.63, 3.8) is 0 Å². The Labute approximate surface area is 141 Å². The Morgan fingerprint density at radius 3 is 2.61 bits per heavy atom. The van der Waals surface area contributed by atoms with E-state index in [1.807, 2.05) is 0 Å². The van der Waals surface area contributed by atoms with E-state index in [2.05, 4.69) is 31.9 Å². The van der Waals surface area contributed by atoms with E-state index in [9.17, 15) is 4.79 Å². The van der Waals surface area contributed by atoms with Crippen LogP contribution in [0, 0.1) is 0 Å². The summed E-state index contributed by atoms with van der Waals surface area (Å²) in [5.41, 5.74) is 1.30. The summed E-state index contributed by atoms with van der Waals surface area (Å²) < 4.78 is 5.48. The van der Waals surface area contributed by atoms with Gasteiger partial charge in [-0.2, -0.15) is 11.3 Å². The van der Waals surface area contributed by atoms with E-state index in [1.54, 1.807) is 11.3 Å². The third kappa shape index (κ3) is 2.99. The molecule has 0 spiro atoms. The molecule has 1 N–H and O–H groups in total. The fraction of sp³-hybridized carbons (Fsp3) is 0.706. The second-order valence-electron chi connectivity index (χ2n) is 6.74. The second-order valence-corrected chi connectivity index (χ2v) is 7.52. The molecule has 0 aromatic carbocycles. The zero-order chi connectivity index (χ0) is 15.6. The van der Waals surface area contributed by atoms with Crippen LogP contribution in [0.15, 0.2) is 16.8 Å². The Morgan fingerprint density at radius 1 is 1.13 bits per heavy atom. The molecule has 2 amide bonds. The van der Waals surface area contributed by atoms with Crippen LogP contribution in [0.25, 0.3) is 0 Å². The number of nitrogens with one attached hydrogen (secondary N) is 1. The maximum absolute atomic E-state index is 13.2. The summed E-state index contributed by atoms with van der Waals surface area (Å²) in [6.45, 7) is 4.43. The Balaban J connectivity index is 1.58. The van der Waals surface area contributed by atoms with Gasteiger partial charge in [0.05, 0.1) is 6.04 Å². The topological polar surface area (TPSA) is 44.8 Å². The number of hydrogen-bond acceptors (Lipinski definition) is 4. The van der Waals surface area contributed by atoms with E-state index >= 15 is 0 Å². The predicted molar refractivity (Wildman–Crippen MR) is 90.7 cm³/mol. The lowest BCUT2D eigenvalue weighted by Gasteiger charge is -2.35. The molecule has 126 valence electrons. The van der Waals surface area contributed by atoms with E-state index in [-0.39, 0.29) is 12.1 Å². The lowest BCUT2D eigenvalue weighted by molar-refractivity contribution is 0.0498. The number of amides is 2. The quantitative estimate of drug-likeness (QED) is 0.923. The summed E-state index contributed by atoms with van der Waals surface area (Å²) >= 11 is 1.72. The van der Waals surface area contributed by atoms with Gasteiger partial charge in [-0.1, -0.05) is 0 Å². The van der Waals surface area contributed by atoms with Crippen molar-refractivity contribution < 1.29 is 9.53 Å². The first-order valence-electron chi connectivity index (χ1n) is 8.74. The number of thiophene rings is 1. The van der Waals surface area contributed by atoms with Gasteiger partial charge in [0, 0.05) is 31.8 Å². The van der Waals surface area contributed by atoms with Gasteiger partial charge in [-0.3, -0.25) is 0 Å². The van der Waals surface area contributed by atoms with Gasteiger partial charge in [-0.15, -0.1) is 0 Å². The number of piperidine rings is 1. The molecule has 0 unspecified atom stereocenters. The Morgan fingerprint density at radius 2 is 1.91 bits per heavy atom. The summed E-state index contributed by atoms with van der Waals surface area (Å²) in [4.78, 5) is 17.5. The van der Waals surface area contributed by atoms with E-state index < -0.39 is 0 Å². The smallest absolute Gasteiger partial charge is 0.321 e. The minimum absolute atomic E-state index is 0.222. The predicted octanol–water partition coefficient (Wildman–Crippen LogP) is 2.46. The first-order chi connectivity index (χ1) is 11.3. The maximum Gasteiger partial charge on any atom is 0.321 e. The van der Waals surface area contributed by atoms with Gasteiger partial charge >= 0.3 is 6.03 Å². The van der Waals surface area contributed by atoms with Crippen LogP contribution in [-0.4, -0.2) is 60.8 Å². The number of rotatable bonds is 3. The molecule has 4 rings (SSSR count). The molecule has 4 heterocycles. The van der Waals surface area contributed by atoms with Gasteiger partial charge in [0.2, 0.25) is 0 Å². The van der Waals surface area contributed by atoms with Crippen LogP contribution in [0.2, 0.25) is 0 Å². The van der Waals surface area contributed by atoms with Gasteiger partial charge in [-0.25, -0.2) is 4.79 Å². The second kappa shape index (κ2) is 6.79. The van der Waals surface area contributed by atoms with Gasteiger partial charge in [0.25, 0.3) is 0 Å².